The van der Waals surface area contributed by atoms with Crippen LogP contribution >= 0.6 is 0 Å². The van der Waals surface area contributed by atoms with Crippen LogP contribution in [0.3, 0.4) is 0 Å². The first-order valence-corrected chi connectivity index (χ1v) is 13.8. The van der Waals surface area contributed by atoms with Crippen LogP contribution in [0.2, 0.25) is 0 Å². The molecule has 3 aliphatic rings. The van der Waals surface area contributed by atoms with Gasteiger partial charge in [0.05, 0.1) is 18.0 Å². The second kappa shape index (κ2) is 9.82. The Hall–Kier alpha value is -3.66. The minimum absolute atomic E-state index is 0.108. The molecule has 1 amide bonds. The predicted molar refractivity (Wildman–Crippen MR) is 151 cm³/mol. The summed E-state index contributed by atoms with van der Waals surface area (Å²) >= 11 is 0. The summed E-state index contributed by atoms with van der Waals surface area (Å²) < 4.78 is 13.1. The van der Waals surface area contributed by atoms with Gasteiger partial charge in [0.25, 0.3) is 5.56 Å². The summed E-state index contributed by atoms with van der Waals surface area (Å²) in [4.78, 5) is 40.4. The van der Waals surface area contributed by atoms with Gasteiger partial charge in [-0.1, -0.05) is 12.1 Å². The Morgan fingerprint density at radius 2 is 2.00 bits per heavy atom. The quantitative estimate of drug-likeness (QED) is 0.509. The van der Waals surface area contributed by atoms with Crippen molar-refractivity contribution in [3.63, 3.8) is 0 Å². The van der Waals surface area contributed by atoms with Gasteiger partial charge < -0.3 is 19.7 Å². The number of hydrogen-bond acceptors (Lipinski definition) is 8. The molecule has 2 aromatic heterocycles. The zero-order valence-corrected chi connectivity index (χ0v) is 23.1. The van der Waals surface area contributed by atoms with Gasteiger partial charge >= 0.3 is 6.09 Å². The highest BCUT2D eigenvalue weighted by molar-refractivity contribution is 5.97. The van der Waals surface area contributed by atoms with Crippen LogP contribution in [0.15, 0.2) is 35.3 Å². The lowest BCUT2D eigenvalue weighted by molar-refractivity contribution is 0.0580. The number of nitrogens with zero attached hydrogens (tertiary/aromatic N) is 5. The smallest absolute Gasteiger partial charge is 0.414 e. The molecule has 1 saturated heterocycles. The van der Waals surface area contributed by atoms with Gasteiger partial charge in [-0.3, -0.25) is 14.3 Å². The van der Waals surface area contributed by atoms with Crippen LogP contribution in [0.25, 0.3) is 11.0 Å². The maximum Gasteiger partial charge on any atom is 0.414 e. The van der Waals surface area contributed by atoms with E-state index < -0.39 is 5.60 Å². The molecule has 39 heavy (non-hydrogen) atoms. The lowest BCUT2D eigenvalue weighted by Gasteiger charge is -2.39. The molecule has 10 nitrogen and oxygen atoms in total. The van der Waals surface area contributed by atoms with Crippen LogP contribution in [0.5, 0.6) is 0 Å². The van der Waals surface area contributed by atoms with Crippen molar-refractivity contribution in [2.45, 2.75) is 65.1 Å². The second-order valence-corrected chi connectivity index (χ2v) is 11.8. The Morgan fingerprint density at radius 3 is 2.72 bits per heavy atom. The third-order valence-corrected chi connectivity index (χ3v) is 7.41. The number of hydrogen-bond donors (Lipinski definition) is 1. The molecule has 2 fully saturated rings. The maximum absolute atomic E-state index is 14.2. The van der Waals surface area contributed by atoms with E-state index in [2.05, 4.69) is 10.3 Å². The molecule has 1 aliphatic carbocycles. The van der Waals surface area contributed by atoms with Crippen LogP contribution in [0, 0.1) is 12.8 Å². The molecule has 0 spiro atoms. The Labute approximate surface area is 227 Å². The highest BCUT2D eigenvalue weighted by atomic mass is 16.6. The zero-order valence-electron chi connectivity index (χ0n) is 23.1. The van der Waals surface area contributed by atoms with Crippen molar-refractivity contribution in [2.24, 2.45) is 5.92 Å². The van der Waals surface area contributed by atoms with E-state index in [1.54, 1.807) is 15.7 Å². The molecule has 3 aromatic rings. The number of aromatic nitrogens is 3. The summed E-state index contributed by atoms with van der Waals surface area (Å²) in [5.74, 6) is 0.801. The molecule has 1 atom stereocenters. The molecular formula is C29H36N6O4. The largest absolute Gasteiger partial charge is 0.443 e. The predicted octanol–water partition coefficient (Wildman–Crippen LogP) is 4.60. The monoisotopic (exact) mass is 532 g/mol. The highest BCUT2D eigenvalue weighted by Gasteiger charge is 2.33. The van der Waals surface area contributed by atoms with Crippen LogP contribution in [-0.4, -0.2) is 58.6 Å². The minimum atomic E-state index is -0.611. The van der Waals surface area contributed by atoms with Gasteiger partial charge in [-0.25, -0.2) is 9.78 Å². The molecule has 0 bridgehead atoms. The van der Waals surface area contributed by atoms with Crippen LogP contribution in [0.1, 0.15) is 45.6 Å². The Morgan fingerprint density at radius 1 is 1.18 bits per heavy atom. The molecule has 10 heteroatoms. The van der Waals surface area contributed by atoms with E-state index in [0.29, 0.717) is 56.2 Å². The van der Waals surface area contributed by atoms with Crippen molar-refractivity contribution in [3.05, 3.63) is 46.4 Å². The number of aryl methyl sites for hydroxylation is 1. The van der Waals surface area contributed by atoms with E-state index in [1.165, 1.54) is 0 Å². The number of carbonyl (C=O) groups excluding carboxylic acids is 1. The third kappa shape index (κ3) is 5.17. The molecule has 1 saturated carbocycles. The van der Waals surface area contributed by atoms with Crippen molar-refractivity contribution < 1.29 is 14.3 Å². The van der Waals surface area contributed by atoms with E-state index >= 15 is 0 Å². The van der Waals surface area contributed by atoms with Gasteiger partial charge in [0.2, 0.25) is 5.95 Å². The van der Waals surface area contributed by atoms with Gasteiger partial charge in [0.1, 0.15) is 16.9 Å². The summed E-state index contributed by atoms with van der Waals surface area (Å²) in [7, 11) is 0. The molecule has 6 rings (SSSR count). The van der Waals surface area contributed by atoms with E-state index in [0.717, 1.165) is 41.6 Å². The normalized spacial score (nSPS) is 19.3. The van der Waals surface area contributed by atoms with E-state index in [4.69, 9.17) is 14.5 Å². The van der Waals surface area contributed by atoms with Crippen LogP contribution < -0.4 is 20.7 Å². The minimum Gasteiger partial charge on any atom is -0.443 e. The number of para-hydroxylation sites is 1. The van der Waals surface area contributed by atoms with Gasteiger partial charge in [0.15, 0.2) is 0 Å². The lowest BCUT2D eigenvalue weighted by atomic mass is 10.1. The molecule has 2 aliphatic heterocycles. The fraction of sp³-hybridized carbons (Fsp3) is 0.517. The molecule has 4 heterocycles. The van der Waals surface area contributed by atoms with Crippen molar-refractivity contribution in [3.8, 4) is 0 Å². The Balaban J connectivity index is 1.44. The van der Waals surface area contributed by atoms with Gasteiger partial charge in [-0.2, -0.15) is 4.98 Å². The van der Waals surface area contributed by atoms with E-state index in [-0.39, 0.29) is 17.6 Å². The van der Waals surface area contributed by atoms with Gasteiger partial charge in [-0.05, 0) is 64.7 Å². The number of nitrogens with one attached hydrogen (secondary N) is 1. The molecule has 1 aromatic carbocycles. The first-order valence-electron chi connectivity index (χ1n) is 13.8. The fourth-order valence-electron chi connectivity index (χ4n) is 5.37. The summed E-state index contributed by atoms with van der Waals surface area (Å²) in [5, 5.41) is 4.15. The summed E-state index contributed by atoms with van der Waals surface area (Å²) in [6.45, 7) is 10.3. The summed E-state index contributed by atoms with van der Waals surface area (Å²) in [6.07, 6.45) is 4.54. The number of amides is 1. The lowest BCUT2D eigenvalue weighted by Crippen LogP contribution is -2.46. The van der Waals surface area contributed by atoms with Gasteiger partial charge in [0, 0.05) is 49.8 Å². The topological polar surface area (TPSA) is 102 Å². The fourth-order valence-corrected chi connectivity index (χ4v) is 5.37. The molecule has 1 N–H and O–H groups in total. The van der Waals surface area contributed by atoms with E-state index in [9.17, 15) is 9.59 Å². The zero-order chi connectivity index (χ0) is 27.3. The van der Waals surface area contributed by atoms with Crippen molar-refractivity contribution in [1.29, 1.82) is 0 Å². The number of benzene rings is 1. The van der Waals surface area contributed by atoms with Gasteiger partial charge in [-0.15, -0.1) is 0 Å². The van der Waals surface area contributed by atoms with E-state index in [1.807, 2.05) is 56.9 Å². The second-order valence-electron chi connectivity index (χ2n) is 11.8. The SMILES string of the molecule is Cc1cccc2c1N(C(=O)OC(C)(C)C)CCN2c1cc2cnc(NC3CC3)nc2n(CC2CCOC2)c1=O. The summed E-state index contributed by atoms with van der Waals surface area (Å²) in [5.41, 5.74) is 2.95. The number of anilines is 4. The first kappa shape index (κ1) is 25.6. The Bertz CT molecular complexity index is 1470. The molecular weight excluding hydrogens is 496 g/mol. The standard InChI is InChI=1S/C29H36N6O4/c1-18-6-5-7-22-24(18)34(28(37)39-29(2,3)4)12-11-33(22)23-14-20-15-30-27(31-21-8-9-21)32-25(20)35(26(23)36)16-19-10-13-38-17-19/h5-7,14-15,19,21H,8-13,16-17H2,1-4H3,(H,30,31,32). The number of pyridine rings is 1. The first-order chi connectivity index (χ1) is 18.7. The highest BCUT2D eigenvalue weighted by Crippen LogP contribution is 2.40. The Kier molecular flexibility index (Phi) is 6.45. The molecule has 206 valence electrons. The molecule has 1 unspecified atom stereocenters. The molecule has 0 radical (unpaired) electrons. The number of carbonyl (C=O) groups is 1. The third-order valence-electron chi connectivity index (χ3n) is 7.41. The number of fused-ring (bicyclic) bond motifs is 2. The van der Waals surface area contributed by atoms with Crippen molar-refractivity contribution >= 4 is 40.1 Å². The summed E-state index contributed by atoms with van der Waals surface area (Å²) in [6, 6.07) is 8.17. The van der Waals surface area contributed by atoms with Crippen molar-refractivity contribution in [1.82, 2.24) is 14.5 Å². The number of ether oxygens (including phenoxy) is 2. The average molecular weight is 533 g/mol. The van der Waals surface area contributed by atoms with Crippen LogP contribution in [0.4, 0.5) is 27.8 Å². The average Bonchev–Trinajstić information content (AvgIpc) is 3.55. The van der Waals surface area contributed by atoms with Crippen LogP contribution in [-0.2, 0) is 16.0 Å². The number of rotatable bonds is 5. The maximum atomic E-state index is 14.2. The van der Waals surface area contributed by atoms with Crippen molar-refractivity contribution in [2.75, 3.05) is 41.4 Å².